The number of hydrogen-bond donors (Lipinski definition) is 2. The van der Waals surface area contributed by atoms with Gasteiger partial charge in [-0.1, -0.05) is 0 Å². The second-order valence-corrected chi connectivity index (χ2v) is 4.55. The number of urea groups is 1. The van der Waals surface area contributed by atoms with E-state index in [4.69, 9.17) is 10.8 Å². The van der Waals surface area contributed by atoms with E-state index in [1.54, 1.807) is 16.8 Å². The third kappa shape index (κ3) is 4.60. The van der Waals surface area contributed by atoms with Crippen molar-refractivity contribution < 1.29 is 14.7 Å². The average Bonchev–Trinajstić information content (AvgIpc) is 2.27. The normalized spacial score (nSPS) is 20.1. The molecule has 0 radical (unpaired) electrons. The van der Waals surface area contributed by atoms with Crippen molar-refractivity contribution in [3.05, 3.63) is 0 Å². The summed E-state index contributed by atoms with van der Waals surface area (Å²) in [5.74, 6) is -0.828. The Morgan fingerprint density at radius 3 is 2.82 bits per heavy atom. The van der Waals surface area contributed by atoms with E-state index in [2.05, 4.69) is 0 Å². The molecule has 1 aliphatic rings. The maximum atomic E-state index is 12.0. The van der Waals surface area contributed by atoms with Gasteiger partial charge in [0.2, 0.25) is 0 Å². The van der Waals surface area contributed by atoms with Gasteiger partial charge in [0.1, 0.15) is 0 Å². The molecule has 1 unspecified atom stereocenters. The number of rotatable bonds is 4. The fourth-order valence-electron chi connectivity index (χ4n) is 1.99. The van der Waals surface area contributed by atoms with E-state index in [1.807, 2.05) is 0 Å². The number of amides is 2. The largest absolute Gasteiger partial charge is 0.481 e. The summed E-state index contributed by atoms with van der Waals surface area (Å²) in [5, 5.41) is 8.52. The van der Waals surface area contributed by atoms with Crippen molar-refractivity contribution in [2.24, 2.45) is 5.73 Å². The molecule has 1 fully saturated rings. The highest BCUT2D eigenvalue weighted by atomic mass is 16.4. The molecule has 1 atom stereocenters. The number of carbonyl (C=O) groups excluding carboxylic acids is 1. The maximum absolute atomic E-state index is 12.0. The van der Waals surface area contributed by atoms with Crippen molar-refractivity contribution >= 4 is 12.0 Å². The summed E-state index contributed by atoms with van der Waals surface area (Å²) >= 11 is 0. The number of nitrogens with two attached hydrogens (primary N) is 1. The Morgan fingerprint density at radius 2 is 2.24 bits per heavy atom. The molecule has 0 bridgehead atoms. The van der Waals surface area contributed by atoms with Crippen LogP contribution in [0, 0.1) is 0 Å². The molecule has 0 spiro atoms. The van der Waals surface area contributed by atoms with E-state index >= 15 is 0 Å². The fraction of sp³-hybridized carbons (Fsp3) is 0.818. The molecule has 2 amide bonds. The Morgan fingerprint density at radius 1 is 1.53 bits per heavy atom. The van der Waals surface area contributed by atoms with Crippen molar-refractivity contribution in [2.75, 3.05) is 26.7 Å². The molecule has 3 N–H and O–H groups in total. The number of piperidine rings is 1. The number of aliphatic carboxylic acids is 1. The molecular formula is C11H21N3O3. The van der Waals surface area contributed by atoms with Gasteiger partial charge in [-0.25, -0.2) is 4.79 Å². The van der Waals surface area contributed by atoms with Gasteiger partial charge in [0.25, 0.3) is 0 Å². The summed E-state index contributed by atoms with van der Waals surface area (Å²) in [4.78, 5) is 25.6. The molecule has 1 saturated heterocycles. The van der Waals surface area contributed by atoms with Crippen LogP contribution in [0.5, 0.6) is 0 Å². The fourth-order valence-corrected chi connectivity index (χ4v) is 1.99. The first-order chi connectivity index (χ1) is 8.00. The predicted molar refractivity (Wildman–Crippen MR) is 63.7 cm³/mol. The molecule has 0 aromatic carbocycles. The van der Waals surface area contributed by atoms with E-state index in [-0.39, 0.29) is 18.5 Å². The van der Waals surface area contributed by atoms with Crippen LogP contribution >= 0.6 is 0 Å². The highest BCUT2D eigenvalue weighted by molar-refractivity contribution is 5.74. The van der Waals surface area contributed by atoms with Crippen LogP contribution in [0.15, 0.2) is 0 Å². The second-order valence-electron chi connectivity index (χ2n) is 4.55. The third-order valence-corrected chi connectivity index (χ3v) is 2.94. The molecule has 0 saturated carbocycles. The van der Waals surface area contributed by atoms with Gasteiger partial charge in [-0.3, -0.25) is 4.79 Å². The van der Waals surface area contributed by atoms with E-state index in [1.165, 1.54) is 0 Å². The molecule has 6 heteroatoms. The number of carboxylic acid groups (broad SMARTS) is 1. The number of hydrogen-bond acceptors (Lipinski definition) is 3. The van der Waals surface area contributed by atoms with Crippen molar-refractivity contribution in [1.82, 2.24) is 9.80 Å². The SMILES string of the molecule is CN(CCCC(=O)O)C(=O)N1CCCC(N)C1. The van der Waals surface area contributed by atoms with Crippen molar-refractivity contribution in [3.63, 3.8) is 0 Å². The lowest BCUT2D eigenvalue weighted by molar-refractivity contribution is -0.137. The van der Waals surface area contributed by atoms with Crippen LogP contribution in [-0.2, 0) is 4.79 Å². The first-order valence-electron chi connectivity index (χ1n) is 5.98. The molecule has 0 aliphatic carbocycles. The van der Waals surface area contributed by atoms with E-state index in [9.17, 15) is 9.59 Å². The van der Waals surface area contributed by atoms with Gasteiger partial charge in [-0.15, -0.1) is 0 Å². The molecule has 0 aromatic rings. The summed E-state index contributed by atoms with van der Waals surface area (Å²) < 4.78 is 0. The highest BCUT2D eigenvalue weighted by Crippen LogP contribution is 2.10. The first-order valence-corrected chi connectivity index (χ1v) is 5.98. The van der Waals surface area contributed by atoms with Crippen LogP contribution in [0.4, 0.5) is 4.79 Å². The first kappa shape index (κ1) is 13.8. The topological polar surface area (TPSA) is 86.9 Å². The zero-order valence-electron chi connectivity index (χ0n) is 10.3. The van der Waals surface area contributed by atoms with Crippen molar-refractivity contribution in [1.29, 1.82) is 0 Å². The summed E-state index contributed by atoms with van der Waals surface area (Å²) in [7, 11) is 1.70. The molecule has 1 heterocycles. The lowest BCUT2D eigenvalue weighted by atomic mass is 10.1. The number of nitrogens with zero attached hydrogens (tertiary/aromatic N) is 2. The average molecular weight is 243 g/mol. The zero-order valence-corrected chi connectivity index (χ0v) is 10.3. The van der Waals surface area contributed by atoms with E-state index in [0.717, 1.165) is 19.4 Å². The minimum Gasteiger partial charge on any atom is -0.481 e. The molecule has 0 aromatic heterocycles. The van der Waals surface area contributed by atoms with Crippen LogP contribution < -0.4 is 5.73 Å². The zero-order chi connectivity index (χ0) is 12.8. The predicted octanol–water partition coefficient (Wildman–Crippen LogP) is 0.326. The molecule has 6 nitrogen and oxygen atoms in total. The Labute approximate surface area is 101 Å². The van der Waals surface area contributed by atoms with E-state index < -0.39 is 5.97 Å². The minimum atomic E-state index is -0.828. The van der Waals surface area contributed by atoms with Crippen LogP contribution in [0.1, 0.15) is 25.7 Å². The molecule has 1 aliphatic heterocycles. The smallest absolute Gasteiger partial charge is 0.319 e. The Kier molecular flexibility index (Phi) is 5.21. The number of carboxylic acids is 1. The van der Waals surface area contributed by atoms with Crippen molar-refractivity contribution in [2.45, 2.75) is 31.7 Å². The summed E-state index contributed by atoms with van der Waals surface area (Å²) in [6.45, 7) is 1.81. The Bertz CT molecular complexity index is 283. The summed E-state index contributed by atoms with van der Waals surface area (Å²) in [6.07, 6.45) is 2.48. The monoisotopic (exact) mass is 243 g/mol. The maximum Gasteiger partial charge on any atom is 0.319 e. The molecule has 1 rings (SSSR count). The lowest BCUT2D eigenvalue weighted by Gasteiger charge is -2.33. The standard InChI is InChI=1S/C11H21N3O3/c1-13(6-3-5-10(15)16)11(17)14-7-2-4-9(12)8-14/h9H,2-8,12H2,1H3,(H,15,16). The third-order valence-electron chi connectivity index (χ3n) is 2.94. The van der Waals surface area contributed by atoms with Crippen LogP contribution in [-0.4, -0.2) is 59.6 Å². The van der Waals surface area contributed by atoms with Gasteiger partial charge < -0.3 is 20.6 Å². The van der Waals surface area contributed by atoms with Gasteiger partial charge in [0, 0.05) is 39.1 Å². The van der Waals surface area contributed by atoms with Crippen LogP contribution in [0.2, 0.25) is 0 Å². The molecule has 98 valence electrons. The second kappa shape index (κ2) is 6.44. The van der Waals surface area contributed by atoms with Crippen LogP contribution in [0.25, 0.3) is 0 Å². The van der Waals surface area contributed by atoms with Gasteiger partial charge in [0.15, 0.2) is 0 Å². The Hall–Kier alpha value is -1.30. The number of likely N-dealkylation sites (tertiary alicyclic amines) is 1. The summed E-state index contributed by atoms with van der Waals surface area (Å²) in [5.41, 5.74) is 5.81. The highest BCUT2D eigenvalue weighted by Gasteiger charge is 2.23. The Balaban J connectivity index is 2.32. The van der Waals surface area contributed by atoms with Gasteiger partial charge >= 0.3 is 12.0 Å². The van der Waals surface area contributed by atoms with Gasteiger partial charge in [0.05, 0.1) is 0 Å². The quantitative estimate of drug-likeness (QED) is 0.744. The van der Waals surface area contributed by atoms with Crippen molar-refractivity contribution in [3.8, 4) is 0 Å². The van der Waals surface area contributed by atoms with Crippen LogP contribution in [0.3, 0.4) is 0 Å². The molecule has 17 heavy (non-hydrogen) atoms. The van der Waals surface area contributed by atoms with E-state index in [0.29, 0.717) is 19.5 Å². The van der Waals surface area contributed by atoms with Gasteiger partial charge in [-0.2, -0.15) is 0 Å². The minimum absolute atomic E-state index is 0.0504. The van der Waals surface area contributed by atoms with Gasteiger partial charge in [-0.05, 0) is 19.3 Å². The summed E-state index contributed by atoms with van der Waals surface area (Å²) in [6, 6.07) is 0.0191. The lowest BCUT2D eigenvalue weighted by Crippen LogP contribution is -2.50. The number of carbonyl (C=O) groups is 2. The molecular weight excluding hydrogens is 222 g/mol.